The zero-order valence-electron chi connectivity index (χ0n) is 6.23. The van der Waals surface area contributed by atoms with Crippen molar-refractivity contribution in [3.05, 3.63) is 32.9 Å². The molecule has 0 aliphatic rings. The second kappa shape index (κ2) is 2.81. The Morgan fingerprint density at radius 3 is 3.00 bits per heavy atom. The van der Waals surface area contributed by atoms with Crippen LogP contribution in [0.1, 0.15) is 0 Å². The lowest BCUT2D eigenvalue weighted by Crippen LogP contribution is -1.84. The van der Waals surface area contributed by atoms with Crippen LogP contribution in [0.15, 0.2) is 27.2 Å². The molecule has 0 unspecified atom stereocenters. The highest BCUT2D eigenvalue weighted by molar-refractivity contribution is 9.10. The van der Waals surface area contributed by atoms with Crippen molar-refractivity contribution in [1.82, 2.24) is 4.98 Å². The summed E-state index contributed by atoms with van der Waals surface area (Å²) in [5.41, 5.74) is 0.871. The quantitative estimate of drug-likeness (QED) is 0.569. The maximum absolute atomic E-state index is 10.4. The van der Waals surface area contributed by atoms with Gasteiger partial charge in [0.2, 0.25) is 0 Å². The van der Waals surface area contributed by atoms with Gasteiger partial charge in [-0.05, 0) is 28.1 Å². The molecule has 0 radical (unpaired) electrons. The number of aromatic nitrogens is 1. The highest BCUT2D eigenvalue weighted by Gasteiger charge is 2.22. The lowest BCUT2D eigenvalue weighted by atomic mass is 10.4. The molecule has 13 heavy (non-hydrogen) atoms. The van der Waals surface area contributed by atoms with E-state index in [0.717, 1.165) is 0 Å². The van der Waals surface area contributed by atoms with Crippen LogP contribution in [0.5, 0.6) is 0 Å². The zero-order chi connectivity index (χ0) is 9.42. The predicted octanol–water partition coefficient (Wildman–Crippen LogP) is 2.50. The molecule has 0 saturated heterocycles. The molecule has 0 atom stereocenters. The normalized spacial score (nSPS) is 10.5. The maximum atomic E-state index is 10.4. The van der Waals surface area contributed by atoms with Gasteiger partial charge < -0.3 is 4.42 Å². The molecule has 0 aromatic carbocycles. The van der Waals surface area contributed by atoms with Crippen molar-refractivity contribution in [3.8, 4) is 0 Å². The third kappa shape index (κ3) is 1.19. The van der Waals surface area contributed by atoms with Crippen molar-refractivity contribution < 1.29 is 9.34 Å². The van der Waals surface area contributed by atoms with Crippen LogP contribution >= 0.6 is 15.9 Å². The van der Waals surface area contributed by atoms with Gasteiger partial charge in [0, 0.05) is 6.20 Å². The smallest absolute Gasteiger partial charge is 0.398 e. The first kappa shape index (κ1) is 8.18. The summed E-state index contributed by atoms with van der Waals surface area (Å²) in [6.07, 6.45) is 1.55. The molecule has 6 heteroatoms. The summed E-state index contributed by atoms with van der Waals surface area (Å²) in [4.78, 5) is 13.8. The standard InChI is InChI=1S/C7H3BrN2O3/c8-5-6-4(2-1-3-9-6)13-7(5)10(11)12/h1-3H. The molecule has 0 amide bonds. The van der Waals surface area contributed by atoms with Gasteiger partial charge in [0.1, 0.15) is 10.4 Å². The molecule has 0 aliphatic carbocycles. The average Bonchev–Trinajstić information content (AvgIpc) is 2.45. The summed E-state index contributed by atoms with van der Waals surface area (Å²) in [5, 5.41) is 10.4. The lowest BCUT2D eigenvalue weighted by Gasteiger charge is -1.82. The van der Waals surface area contributed by atoms with E-state index in [9.17, 15) is 10.1 Å². The Hall–Kier alpha value is -1.43. The first-order valence-electron chi connectivity index (χ1n) is 3.37. The van der Waals surface area contributed by atoms with E-state index >= 15 is 0 Å². The summed E-state index contributed by atoms with van der Waals surface area (Å²) >= 11 is 3.05. The monoisotopic (exact) mass is 242 g/mol. The molecule has 0 saturated carbocycles. The summed E-state index contributed by atoms with van der Waals surface area (Å²) in [6.45, 7) is 0. The number of pyridine rings is 1. The van der Waals surface area contributed by atoms with Gasteiger partial charge in [0.15, 0.2) is 10.1 Å². The Labute approximate surface area is 80.6 Å². The van der Waals surface area contributed by atoms with Crippen molar-refractivity contribution in [2.45, 2.75) is 0 Å². The first-order chi connectivity index (χ1) is 6.20. The number of rotatable bonds is 1. The van der Waals surface area contributed by atoms with E-state index in [1.807, 2.05) is 0 Å². The van der Waals surface area contributed by atoms with Gasteiger partial charge in [-0.2, -0.15) is 0 Å². The second-order valence-corrected chi connectivity index (χ2v) is 3.12. The van der Waals surface area contributed by atoms with Gasteiger partial charge in [-0.15, -0.1) is 0 Å². The van der Waals surface area contributed by atoms with Crippen molar-refractivity contribution in [1.29, 1.82) is 0 Å². The highest BCUT2D eigenvalue weighted by Crippen LogP contribution is 2.34. The van der Waals surface area contributed by atoms with Crippen LogP contribution in [0.3, 0.4) is 0 Å². The number of nitrogens with zero attached hydrogens (tertiary/aromatic N) is 2. The molecule has 0 N–H and O–H groups in total. The molecular weight excluding hydrogens is 240 g/mol. The van der Waals surface area contributed by atoms with Crippen LogP contribution in [-0.4, -0.2) is 9.91 Å². The largest absolute Gasteiger partial charge is 0.450 e. The molecule has 0 aliphatic heterocycles. The van der Waals surface area contributed by atoms with Crippen molar-refractivity contribution in [3.63, 3.8) is 0 Å². The van der Waals surface area contributed by atoms with Gasteiger partial charge >= 0.3 is 5.88 Å². The Bertz CT molecular complexity index is 480. The SMILES string of the molecule is O=[N+]([O-])c1oc2cccnc2c1Br. The fraction of sp³-hybridized carbons (Fsp3) is 0. The molecule has 2 heterocycles. The molecule has 5 nitrogen and oxygen atoms in total. The highest BCUT2D eigenvalue weighted by atomic mass is 79.9. The van der Waals surface area contributed by atoms with Crippen molar-refractivity contribution >= 4 is 32.9 Å². The molecule has 66 valence electrons. The van der Waals surface area contributed by atoms with Crippen LogP contribution in [0, 0.1) is 10.1 Å². The van der Waals surface area contributed by atoms with Crippen LogP contribution in [0.2, 0.25) is 0 Å². The van der Waals surface area contributed by atoms with Crippen LogP contribution in [0.25, 0.3) is 11.1 Å². The van der Waals surface area contributed by atoms with Gasteiger partial charge in [-0.25, -0.2) is 0 Å². The Kier molecular flexibility index (Phi) is 1.77. The van der Waals surface area contributed by atoms with Crippen LogP contribution < -0.4 is 0 Å². The molecule has 2 aromatic rings. The molecule has 0 bridgehead atoms. The van der Waals surface area contributed by atoms with E-state index in [2.05, 4.69) is 20.9 Å². The fourth-order valence-electron chi connectivity index (χ4n) is 1.01. The maximum Gasteiger partial charge on any atom is 0.450 e. The number of furan rings is 1. The van der Waals surface area contributed by atoms with Gasteiger partial charge in [-0.3, -0.25) is 15.1 Å². The van der Waals surface area contributed by atoms with Gasteiger partial charge in [0.05, 0.1) is 0 Å². The third-order valence-electron chi connectivity index (χ3n) is 1.54. The minimum Gasteiger partial charge on any atom is -0.398 e. The summed E-state index contributed by atoms with van der Waals surface area (Å²) < 4.78 is 5.24. The number of hydrogen-bond acceptors (Lipinski definition) is 4. The number of halogens is 1. The Morgan fingerprint density at radius 1 is 1.62 bits per heavy atom. The Balaban J connectivity index is 2.81. The van der Waals surface area contributed by atoms with Crippen LogP contribution in [-0.2, 0) is 0 Å². The van der Waals surface area contributed by atoms with Crippen molar-refractivity contribution in [2.24, 2.45) is 0 Å². The van der Waals surface area contributed by atoms with E-state index in [4.69, 9.17) is 4.42 Å². The Morgan fingerprint density at radius 2 is 2.38 bits per heavy atom. The van der Waals surface area contributed by atoms with E-state index in [1.54, 1.807) is 18.3 Å². The van der Waals surface area contributed by atoms with Gasteiger partial charge in [-0.1, -0.05) is 0 Å². The van der Waals surface area contributed by atoms with Crippen LogP contribution in [0.4, 0.5) is 5.88 Å². The lowest BCUT2D eigenvalue weighted by molar-refractivity contribution is -0.402. The predicted molar refractivity (Wildman–Crippen MR) is 48.4 cm³/mol. The first-order valence-corrected chi connectivity index (χ1v) is 4.17. The van der Waals surface area contributed by atoms with E-state index in [1.165, 1.54) is 0 Å². The van der Waals surface area contributed by atoms with Crippen molar-refractivity contribution in [2.75, 3.05) is 0 Å². The second-order valence-electron chi connectivity index (χ2n) is 2.33. The molecule has 2 rings (SSSR count). The molecule has 0 spiro atoms. The molecule has 0 fully saturated rings. The summed E-state index contributed by atoms with van der Waals surface area (Å²) in [6, 6.07) is 3.28. The van der Waals surface area contributed by atoms with E-state index in [0.29, 0.717) is 11.1 Å². The minimum atomic E-state index is -0.592. The number of hydrogen-bond donors (Lipinski definition) is 0. The minimum absolute atomic E-state index is 0.285. The summed E-state index contributed by atoms with van der Waals surface area (Å²) in [5.74, 6) is -0.311. The average molecular weight is 243 g/mol. The molecule has 2 aromatic heterocycles. The fourth-order valence-corrected chi connectivity index (χ4v) is 1.53. The molecular formula is C7H3BrN2O3. The zero-order valence-corrected chi connectivity index (χ0v) is 7.82. The topological polar surface area (TPSA) is 69.2 Å². The number of nitro groups is 1. The summed E-state index contributed by atoms with van der Waals surface area (Å²) in [7, 11) is 0. The third-order valence-corrected chi connectivity index (χ3v) is 2.25. The van der Waals surface area contributed by atoms with Gasteiger partial charge in [0.25, 0.3) is 0 Å². The van der Waals surface area contributed by atoms with E-state index < -0.39 is 4.92 Å². The number of fused-ring (bicyclic) bond motifs is 1. The van der Waals surface area contributed by atoms with E-state index in [-0.39, 0.29) is 10.4 Å².